The summed E-state index contributed by atoms with van der Waals surface area (Å²) in [5, 5.41) is 0. The first-order valence-corrected chi connectivity index (χ1v) is 8.43. The van der Waals surface area contributed by atoms with Crippen LogP contribution in [0, 0.1) is 0 Å². The van der Waals surface area contributed by atoms with Gasteiger partial charge in [-0.05, 0) is 12.8 Å². The van der Waals surface area contributed by atoms with Crippen LogP contribution in [0.4, 0.5) is 0 Å². The Morgan fingerprint density at radius 2 is 1.16 bits per heavy atom. The normalized spacial score (nSPS) is 12.0. The van der Waals surface area contributed by atoms with Crippen molar-refractivity contribution in [1.82, 2.24) is 0 Å². The monoisotopic (exact) mass is 272 g/mol. The minimum Gasteiger partial charge on any atom is -0.379 e. The molecular formula is C17H38NO+. The number of nitrogens with zero attached hydrogens (tertiary/aromatic N) is 1. The highest BCUT2D eigenvalue weighted by atomic mass is 16.5. The zero-order valence-corrected chi connectivity index (χ0v) is 14.0. The first-order valence-electron chi connectivity index (χ1n) is 8.43. The molecule has 0 aromatic carbocycles. The zero-order chi connectivity index (χ0) is 14.4. The molecule has 0 radical (unpaired) electrons. The first-order chi connectivity index (χ1) is 9.12. The second-order valence-corrected chi connectivity index (χ2v) is 6.56. The van der Waals surface area contributed by atoms with Gasteiger partial charge in [-0.1, -0.05) is 58.3 Å². The van der Waals surface area contributed by atoms with Crippen LogP contribution < -0.4 is 0 Å². The Morgan fingerprint density at radius 1 is 0.684 bits per heavy atom. The van der Waals surface area contributed by atoms with Gasteiger partial charge in [0, 0.05) is 7.11 Å². The van der Waals surface area contributed by atoms with E-state index in [2.05, 4.69) is 21.0 Å². The maximum Gasteiger partial charge on any atom is 0.102 e. The summed E-state index contributed by atoms with van der Waals surface area (Å²) >= 11 is 0. The third kappa shape index (κ3) is 14.1. The SMILES string of the molecule is CCCCCCCCCCCC[N+](C)(C)CCOC. The van der Waals surface area contributed by atoms with Crippen LogP contribution in [0.3, 0.4) is 0 Å². The van der Waals surface area contributed by atoms with Gasteiger partial charge in [-0.25, -0.2) is 0 Å². The van der Waals surface area contributed by atoms with Gasteiger partial charge in [0.15, 0.2) is 0 Å². The van der Waals surface area contributed by atoms with Crippen LogP contribution >= 0.6 is 0 Å². The van der Waals surface area contributed by atoms with E-state index in [9.17, 15) is 0 Å². The quantitative estimate of drug-likeness (QED) is 0.331. The van der Waals surface area contributed by atoms with Gasteiger partial charge >= 0.3 is 0 Å². The minimum atomic E-state index is 0.880. The smallest absolute Gasteiger partial charge is 0.102 e. The molecule has 0 aliphatic carbocycles. The van der Waals surface area contributed by atoms with Crippen LogP contribution in [0.25, 0.3) is 0 Å². The molecule has 0 aromatic rings. The van der Waals surface area contributed by atoms with E-state index < -0.39 is 0 Å². The number of ether oxygens (including phenoxy) is 1. The van der Waals surface area contributed by atoms with E-state index in [1.165, 1.54) is 70.8 Å². The van der Waals surface area contributed by atoms with E-state index in [4.69, 9.17) is 4.74 Å². The molecule has 116 valence electrons. The van der Waals surface area contributed by atoms with Gasteiger partial charge in [0.25, 0.3) is 0 Å². The maximum absolute atomic E-state index is 5.16. The number of quaternary nitrogens is 1. The molecule has 0 aromatic heterocycles. The van der Waals surface area contributed by atoms with Crippen molar-refractivity contribution in [1.29, 1.82) is 0 Å². The molecule has 0 spiro atoms. The average Bonchev–Trinajstić information content (AvgIpc) is 2.38. The van der Waals surface area contributed by atoms with Crippen LogP contribution in [0.1, 0.15) is 71.1 Å². The molecule has 0 unspecified atom stereocenters. The van der Waals surface area contributed by atoms with Crippen molar-refractivity contribution in [3.8, 4) is 0 Å². The second kappa shape index (κ2) is 12.9. The maximum atomic E-state index is 5.16. The zero-order valence-electron chi connectivity index (χ0n) is 14.0. The molecule has 0 N–H and O–H groups in total. The Morgan fingerprint density at radius 3 is 1.63 bits per heavy atom. The molecule has 0 saturated heterocycles. The van der Waals surface area contributed by atoms with E-state index in [-0.39, 0.29) is 0 Å². The fourth-order valence-corrected chi connectivity index (χ4v) is 2.48. The van der Waals surface area contributed by atoms with Gasteiger partial charge in [0.05, 0.1) is 27.2 Å². The van der Waals surface area contributed by atoms with Crippen molar-refractivity contribution < 1.29 is 9.22 Å². The molecule has 2 nitrogen and oxygen atoms in total. The van der Waals surface area contributed by atoms with Crippen LogP contribution in [-0.2, 0) is 4.74 Å². The van der Waals surface area contributed by atoms with E-state index >= 15 is 0 Å². The van der Waals surface area contributed by atoms with Gasteiger partial charge in [-0.2, -0.15) is 0 Å². The topological polar surface area (TPSA) is 9.23 Å². The number of methoxy groups -OCH3 is 1. The summed E-state index contributed by atoms with van der Waals surface area (Å²) in [6.45, 7) is 5.59. The summed E-state index contributed by atoms with van der Waals surface area (Å²) in [4.78, 5) is 0. The van der Waals surface area contributed by atoms with Crippen molar-refractivity contribution in [2.75, 3.05) is 40.9 Å². The summed E-state index contributed by atoms with van der Waals surface area (Å²) < 4.78 is 6.26. The molecule has 0 heterocycles. The van der Waals surface area contributed by atoms with Gasteiger partial charge < -0.3 is 9.22 Å². The van der Waals surface area contributed by atoms with Gasteiger partial charge in [-0.15, -0.1) is 0 Å². The summed E-state index contributed by atoms with van der Waals surface area (Å²) in [5.41, 5.74) is 0. The number of likely N-dealkylation sites (N-methyl/N-ethyl adjacent to an activating group) is 1. The number of rotatable bonds is 14. The predicted molar refractivity (Wildman–Crippen MR) is 85.6 cm³/mol. The van der Waals surface area contributed by atoms with Crippen molar-refractivity contribution in [3.05, 3.63) is 0 Å². The molecule has 0 aliphatic rings. The van der Waals surface area contributed by atoms with Crippen molar-refractivity contribution in [2.24, 2.45) is 0 Å². The Hall–Kier alpha value is -0.0800. The molecule has 0 amide bonds. The van der Waals surface area contributed by atoms with Crippen molar-refractivity contribution in [3.63, 3.8) is 0 Å². The van der Waals surface area contributed by atoms with E-state index in [0.29, 0.717) is 0 Å². The van der Waals surface area contributed by atoms with E-state index in [0.717, 1.165) is 17.6 Å². The molecule has 0 fully saturated rings. The van der Waals surface area contributed by atoms with Crippen LogP contribution in [0.2, 0.25) is 0 Å². The average molecular weight is 272 g/mol. The lowest BCUT2D eigenvalue weighted by atomic mass is 10.1. The number of hydrogen-bond donors (Lipinski definition) is 0. The lowest BCUT2D eigenvalue weighted by Crippen LogP contribution is -2.42. The third-order valence-corrected chi connectivity index (χ3v) is 4.02. The largest absolute Gasteiger partial charge is 0.379 e. The summed E-state index contributed by atoms with van der Waals surface area (Å²) in [6, 6.07) is 0. The molecular weight excluding hydrogens is 234 g/mol. The summed E-state index contributed by atoms with van der Waals surface area (Å²) in [6.07, 6.45) is 14.2. The van der Waals surface area contributed by atoms with Crippen LogP contribution in [-0.4, -0.2) is 45.4 Å². The van der Waals surface area contributed by atoms with Crippen molar-refractivity contribution >= 4 is 0 Å². The summed E-state index contributed by atoms with van der Waals surface area (Å²) in [7, 11) is 6.42. The molecule has 0 saturated carbocycles. The highest BCUT2D eigenvalue weighted by Crippen LogP contribution is 2.11. The molecule has 0 bridgehead atoms. The standard InChI is InChI=1S/C17H38NO/c1-5-6-7-8-9-10-11-12-13-14-15-18(2,3)16-17-19-4/h5-17H2,1-4H3/q+1. The lowest BCUT2D eigenvalue weighted by molar-refractivity contribution is -0.890. The highest BCUT2D eigenvalue weighted by Gasteiger charge is 2.13. The van der Waals surface area contributed by atoms with Crippen LogP contribution in [0.15, 0.2) is 0 Å². The van der Waals surface area contributed by atoms with Gasteiger partial charge in [0.1, 0.15) is 6.54 Å². The first kappa shape index (κ1) is 18.9. The van der Waals surface area contributed by atoms with Crippen molar-refractivity contribution in [2.45, 2.75) is 71.1 Å². The van der Waals surface area contributed by atoms with Gasteiger partial charge in [0.2, 0.25) is 0 Å². The third-order valence-electron chi connectivity index (χ3n) is 4.02. The second-order valence-electron chi connectivity index (χ2n) is 6.56. The Kier molecular flexibility index (Phi) is 12.9. The van der Waals surface area contributed by atoms with E-state index in [1.807, 2.05) is 0 Å². The number of hydrogen-bond acceptors (Lipinski definition) is 1. The van der Waals surface area contributed by atoms with Gasteiger partial charge in [-0.3, -0.25) is 0 Å². The predicted octanol–water partition coefficient (Wildman–Crippen LogP) is 4.63. The Bertz CT molecular complexity index is 180. The van der Waals surface area contributed by atoms with E-state index in [1.54, 1.807) is 7.11 Å². The lowest BCUT2D eigenvalue weighted by Gasteiger charge is -2.29. The molecule has 0 aliphatic heterocycles. The fraction of sp³-hybridized carbons (Fsp3) is 1.00. The molecule has 0 atom stereocenters. The summed E-state index contributed by atoms with van der Waals surface area (Å²) in [5.74, 6) is 0. The molecule has 19 heavy (non-hydrogen) atoms. The molecule has 2 heteroatoms. The van der Waals surface area contributed by atoms with Crippen LogP contribution in [0.5, 0.6) is 0 Å². The Balaban J connectivity index is 3.21. The fourth-order valence-electron chi connectivity index (χ4n) is 2.48. The number of unbranched alkanes of at least 4 members (excludes halogenated alkanes) is 9. The minimum absolute atomic E-state index is 0.880. The molecule has 0 rings (SSSR count). The highest BCUT2D eigenvalue weighted by molar-refractivity contribution is 4.47. The Labute approximate surface area is 122 Å².